The zero-order valence-electron chi connectivity index (χ0n) is 12.0. The molecular weight excluding hydrogens is 266 g/mol. The second kappa shape index (κ2) is 6.13. The number of aromatic nitrogens is 1. The van der Waals surface area contributed by atoms with Gasteiger partial charge in [0.2, 0.25) is 11.8 Å². The average molecular weight is 285 g/mol. The van der Waals surface area contributed by atoms with E-state index in [1.807, 2.05) is 4.90 Å². The maximum Gasteiger partial charge on any atom is 0.225 e. The van der Waals surface area contributed by atoms with Crippen LogP contribution in [0.4, 0.5) is 0 Å². The molecule has 5 heteroatoms. The molecule has 2 aliphatic rings. The summed E-state index contributed by atoms with van der Waals surface area (Å²) >= 11 is 0. The molecule has 2 heterocycles. The first-order valence-electron chi connectivity index (χ1n) is 7.54. The molecule has 5 nitrogen and oxygen atoms in total. The van der Waals surface area contributed by atoms with Crippen molar-refractivity contribution in [1.82, 2.24) is 9.88 Å². The minimum absolute atomic E-state index is 0.290. The molecular formula is C16H19N3O2. The molecule has 3 rings (SSSR count). The molecule has 2 fully saturated rings. The molecule has 21 heavy (non-hydrogen) atoms. The Kier molecular flexibility index (Phi) is 4.05. The van der Waals surface area contributed by atoms with E-state index in [4.69, 9.17) is 10.00 Å². The van der Waals surface area contributed by atoms with Gasteiger partial charge in [-0.25, -0.2) is 4.98 Å². The zero-order chi connectivity index (χ0) is 14.7. The van der Waals surface area contributed by atoms with Crippen molar-refractivity contribution in [3.05, 3.63) is 23.9 Å². The maximum absolute atomic E-state index is 12.1. The summed E-state index contributed by atoms with van der Waals surface area (Å²) < 4.78 is 5.69. The number of amides is 1. The molecule has 1 unspecified atom stereocenters. The number of likely N-dealkylation sites (tertiary alicyclic amines) is 1. The Labute approximate surface area is 124 Å². The minimum atomic E-state index is 0.290. The summed E-state index contributed by atoms with van der Waals surface area (Å²) in [6, 6.07) is 5.38. The van der Waals surface area contributed by atoms with Gasteiger partial charge in [-0.3, -0.25) is 4.79 Å². The molecule has 0 radical (unpaired) electrons. The number of nitriles is 1. The first-order chi connectivity index (χ1) is 10.3. The largest absolute Gasteiger partial charge is 0.477 e. The Hall–Kier alpha value is -2.09. The predicted octanol–water partition coefficient (Wildman–Crippen LogP) is 1.98. The molecule has 1 aromatic rings. The van der Waals surface area contributed by atoms with E-state index in [0.717, 1.165) is 38.8 Å². The second-order valence-corrected chi connectivity index (χ2v) is 5.87. The quantitative estimate of drug-likeness (QED) is 0.848. The van der Waals surface area contributed by atoms with E-state index in [1.165, 1.54) is 0 Å². The average Bonchev–Trinajstić information content (AvgIpc) is 3.37. The van der Waals surface area contributed by atoms with E-state index >= 15 is 0 Å². The van der Waals surface area contributed by atoms with Crippen molar-refractivity contribution < 1.29 is 9.53 Å². The third-order valence-corrected chi connectivity index (χ3v) is 4.09. The summed E-state index contributed by atoms with van der Waals surface area (Å²) in [6.07, 6.45) is 5.81. The van der Waals surface area contributed by atoms with Gasteiger partial charge in [-0.05, 0) is 31.7 Å². The van der Waals surface area contributed by atoms with Crippen molar-refractivity contribution in [3.8, 4) is 11.9 Å². The first-order valence-corrected chi connectivity index (χ1v) is 7.54. The standard InChI is InChI=1S/C16H19N3O2/c17-9-12-5-6-18-15(8-12)21-11-13-2-1-7-19(10-13)16(20)14-3-4-14/h5-6,8,13-14H,1-4,7,10-11H2. The summed E-state index contributed by atoms with van der Waals surface area (Å²) in [6.45, 7) is 2.22. The Morgan fingerprint density at radius 1 is 1.48 bits per heavy atom. The van der Waals surface area contributed by atoms with Gasteiger partial charge in [0.1, 0.15) is 0 Å². The highest BCUT2D eigenvalue weighted by molar-refractivity contribution is 5.81. The Morgan fingerprint density at radius 3 is 3.10 bits per heavy atom. The number of ether oxygens (including phenoxy) is 1. The highest BCUT2D eigenvalue weighted by Crippen LogP contribution is 2.32. The number of hydrogen-bond donors (Lipinski definition) is 0. The van der Waals surface area contributed by atoms with Crippen LogP contribution < -0.4 is 4.74 Å². The van der Waals surface area contributed by atoms with Crippen LogP contribution in [0.1, 0.15) is 31.2 Å². The maximum atomic E-state index is 12.1. The smallest absolute Gasteiger partial charge is 0.225 e. The normalized spacial score (nSPS) is 21.7. The van der Waals surface area contributed by atoms with Crippen LogP contribution in [0.3, 0.4) is 0 Å². The molecule has 0 aromatic carbocycles. The Morgan fingerprint density at radius 2 is 2.33 bits per heavy atom. The molecule has 0 N–H and O–H groups in total. The molecule has 1 aromatic heterocycles. The molecule has 1 saturated heterocycles. The van der Waals surface area contributed by atoms with Crippen LogP contribution in [-0.4, -0.2) is 35.5 Å². The summed E-state index contributed by atoms with van der Waals surface area (Å²) in [7, 11) is 0. The van der Waals surface area contributed by atoms with E-state index in [9.17, 15) is 4.79 Å². The van der Waals surface area contributed by atoms with E-state index in [0.29, 0.717) is 35.8 Å². The van der Waals surface area contributed by atoms with E-state index in [-0.39, 0.29) is 0 Å². The number of nitrogens with zero attached hydrogens (tertiary/aromatic N) is 3. The monoisotopic (exact) mass is 285 g/mol. The van der Waals surface area contributed by atoms with Crippen molar-refractivity contribution >= 4 is 5.91 Å². The molecule has 110 valence electrons. The fourth-order valence-electron chi connectivity index (χ4n) is 2.75. The molecule has 0 spiro atoms. The van der Waals surface area contributed by atoms with Gasteiger partial charge in [-0.15, -0.1) is 0 Å². The lowest BCUT2D eigenvalue weighted by Crippen LogP contribution is -2.42. The fraction of sp³-hybridized carbons (Fsp3) is 0.562. The SMILES string of the molecule is N#Cc1ccnc(OCC2CCCN(C(=O)C3CC3)C2)c1. The van der Waals surface area contributed by atoms with E-state index in [1.54, 1.807) is 18.3 Å². The number of piperidine rings is 1. The molecule has 1 aliphatic carbocycles. The highest BCUT2D eigenvalue weighted by Gasteiger charge is 2.35. The second-order valence-electron chi connectivity index (χ2n) is 5.87. The third-order valence-electron chi connectivity index (χ3n) is 4.09. The molecule has 1 atom stereocenters. The van der Waals surface area contributed by atoms with Gasteiger partial charge in [0.15, 0.2) is 0 Å². The number of pyridine rings is 1. The van der Waals surface area contributed by atoms with Crippen molar-refractivity contribution in [1.29, 1.82) is 5.26 Å². The lowest BCUT2D eigenvalue weighted by molar-refractivity contribution is -0.134. The van der Waals surface area contributed by atoms with Crippen LogP contribution in [0, 0.1) is 23.2 Å². The van der Waals surface area contributed by atoms with Crippen molar-refractivity contribution in [2.75, 3.05) is 19.7 Å². The molecule has 1 amide bonds. The molecule has 1 saturated carbocycles. The van der Waals surface area contributed by atoms with Gasteiger partial charge in [0.05, 0.1) is 18.2 Å². The van der Waals surface area contributed by atoms with Gasteiger partial charge in [-0.2, -0.15) is 5.26 Å². The fourth-order valence-corrected chi connectivity index (χ4v) is 2.75. The van der Waals surface area contributed by atoms with Crippen LogP contribution in [0.2, 0.25) is 0 Å². The lowest BCUT2D eigenvalue weighted by Gasteiger charge is -2.32. The van der Waals surface area contributed by atoms with Crippen LogP contribution in [0.5, 0.6) is 5.88 Å². The van der Waals surface area contributed by atoms with Crippen LogP contribution in [-0.2, 0) is 4.79 Å². The van der Waals surface area contributed by atoms with Gasteiger partial charge in [0, 0.05) is 37.2 Å². The Balaban J connectivity index is 1.52. The van der Waals surface area contributed by atoms with Gasteiger partial charge < -0.3 is 9.64 Å². The van der Waals surface area contributed by atoms with E-state index in [2.05, 4.69) is 11.1 Å². The summed E-state index contributed by atoms with van der Waals surface area (Å²) in [4.78, 5) is 18.2. The van der Waals surface area contributed by atoms with Crippen LogP contribution in [0.25, 0.3) is 0 Å². The van der Waals surface area contributed by atoms with Crippen molar-refractivity contribution in [3.63, 3.8) is 0 Å². The Bertz CT molecular complexity index is 563. The summed E-state index contributed by atoms with van der Waals surface area (Å²) in [5.74, 6) is 1.46. The minimum Gasteiger partial charge on any atom is -0.477 e. The number of carbonyl (C=O) groups is 1. The number of carbonyl (C=O) groups excluding carboxylic acids is 1. The van der Waals surface area contributed by atoms with Gasteiger partial charge in [-0.1, -0.05) is 0 Å². The summed E-state index contributed by atoms with van der Waals surface area (Å²) in [5, 5.41) is 8.86. The first kappa shape index (κ1) is 13.9. The number of hydrogen-bond acceptors (Lipinski definition) is 4. The highest BCUT2D eigenvalue weighted by atomic mass is 16.5. The lowest BCUT2D eigenvalue weighted by atomic mass is 9.98. The predicted molar refractivity (Wildman–Crippen MR) is 76.5 cm³/mol. The van der Waals surface area contributed by atoms with Crippen LogP contribution in [0.15, 0.2) is 18.3 Å². The topological polar surface area (TPSA) is 66.2 Å². The van der Waals surface area contributed by atoms with Gasteiger partial charge in [0.25, 0.3) is 0 Å². The van der Waals surface area contributed by atoms with E-state index < -0.39 is 0 Å². The van der Waals surface area contributed by atoms with Crippen molar-refractivity contribution in [2.45, 2.75) is 25.7 Å². The van der Waals surface area contributed by atoms with Crippen LogP contribution >= 0.6 is 0 Å². The molecule has 0 bridgehead atoms. The van der Waals surface area contributed by atoms with Gasteiger partial charge >= 0.3 is 0 Å². The number of rotatable bonds is 4. The summed E-state index contributed by atoms with van der Waals surface area (Å²) in [5.41, 5.74) is 0.550. The molecule has 1 aliphatic heterocycles. The zero-order valence-corrected chi connectivity index (χ0v) is 12.0. The van der Waals surface area contributed by atoms with Crippen molar-refractivity contribution in [2.24, 2.45) is 11.8 Å². The third kappa shape index (κ3) is 3.52.